The Morgan fingerprint density at radius 1 is 1.11 bits per heavy atom. The van der Waals surface area contributed by atoms with E-state index in [1.54, 1.807) is 0 Å². The summed E-state index contributed by atoms with van der Waals surface area (Å²) in [7, 11) is 0. The first-order chi connectivity index (χ1) is 8.66. The van der Waals surface area contributed by atoms with Crippen LogP contribution in [0, 0.1) is 6.92 Å². The van der Waals surface area contributed by atoms with E-state index in [1.165, 1.54) is 10.5 Å². The zero-order chi connectivity index (χ0) is 13.0. The smallest absolute Gasteiger partial charge is 0.229 e. The van der Waals surface area contributed by atoms with Crippen LogP contribution < -0.4 is 4.74 Å². The Morgan fingerprint density at radius 3 is 2.33 bits per heavy atom. The van der Waals surface area contributed by atoms with Crippen LogP contribution in [0.4, 0.5) is 0 Å². The zero-order valence-corrected chi connectivity index (χ0v) is 10.5. The van der Waals surface area contributed by atoms with Gasteiger partial charge in [0.2, 0.25) is 11.8 Å². The van der Waals surface area contributed by atoms with E-state index in [1.807, 2.05) is 31.2 Å². The molecule has 1 aliphatic rings. The summed E-state index contributed by atoms with van der Waals surface area (Å²) in [4.78, 5) is 24.0. The number of rotatable bonds is 5. The molecule has 0 aliphatic carbocycles. The summed E-state index contributed by atoms with van der Waals surface area (Å²) in [6.07, 6.45) is 1.39. The average Bonchev–Trinajstić information content (AvgIpc) is 2.68. The highest BCUT2D eigenvalue weighted by Crippen LogP contribution is 2.13. The molecule has 1 aromatic carbocycles. The molecular weight excluding hydrogens is 230 g/mol. The summed E-state index contributed by atoms with van der Waals surface area (Å²) in [5.41, 5.74) is 1.19. The van der Waals surface area contributed by atoms with Gasteiger partial charge in [0, 0.05) is 19.4 Å². The summed E-state index contributed by atoms with van der Waals surface area (Å²) >= 11 is 0. The predicted molar refractivity (Wildman–Crippen MR) is 67.2 cm³/mol. The largest absolute Gasteiger partial charge is 0.494 e. The molecular formula is C14H17NO3. The number of carbonyl (C=O) groups excluding carboxylic acids is 2. The van der Waals surface area contributed by atoms with E-state index in [9.17, 15) is 9.59 Å². The van der Waals surface area contributed by atoms with Crippen LogP contribution in [0.25, 0.3) is 0 Å². The van der Waals surface area contributed by atoms with Crippen LogP contribution in [0.15, 0.2) is 24.3 Å². The van der Waals surface area contributed by atoms with Gasteiger partial charge in [-0.3, -0.25) is 14.5 Å². The van der Waals surface area contributed by atoms with Gasteiger partial charge in [-0.05, 0) is 25.5 Å². The Kier molecular flexibility index (Phi) is 3.97. The standard InChI is InChI=1S/C14H17NO3/c1-11-3-5-12(6-4-11)18-10-2-9-15-13(16)7-8-14(15)17/h3-6H,2,7-10H2,1H3. The van der Waals surface area contributed by atoms with Crippen LogP contribution in [0.2, 0.25) is 0 Å². The van der Waals surface area contributed by atoms with Gasteiger partial charge < -0.3 is 4.74 Å². The van der Waals surface area contributed by atoms with Crippen molar-refractivity contribution >= 4 is 11.8 Å². The number of amides is 2. The van der Waals surface area contributed by atoms with Crippen LogP contribution in [-0.4, -0.2) is 29.9 Å². The Morgan fingerprint density at radius 2 is 1.72 bits per heavy atom. The fraction of sp³-hybridized carbons (Fsp3) is 0.429. The van der Waals surface area contributed by atoms with Crippen molar-refractivity contribution < 1.29 is 14.3 Å². The van der Waals surface area contributed by atoms with Gasteiger partial charge >= 0.3 is 0 Å². The third-order valence-electron chi connectivity index (χ3n) is 2.97. The molecule has 1 aromatic rings. The fourth-order valence-corrected chi connectivity index (χ4v) is 1.92. The summed E-state index contributed by atoms with van der Waals surface area (Å²) in [5, 5.41) is 0. The van der Waals surface area contributed by atoms with Crippen LogP contribution in [0.5, 0.6) is 5.75 Å². The van der Waals surface area contributed by atoms with E-state index in [-0.39, 0.29) is 11.8 Å². The van der Waals surface area contributed by atoms with Crippen molar-refractivity contribution in [1.29, 1.82) is 0 Å². The number of aryl methyl sites for hydroxylation is 1. The average molecular weight is 247 g/mol. The molecule has 2 rings (SSSR count). The van der Waals surface area contributed by atoms with Crippen molar-refractivity contribution in [3.05, 3.63) is 29.8 Å². The van der Waals surface area contributed by atoms with Gasteiger partial charge in [0.1, 0.15) is 5.75 Å². The molecule has 0 saturated carbocycles. The first kappa shape index (κ1) is 12.6. The second-order valence-corrected chi connectivity index (χ2v) is 4.45. The van der Waals surface area contributed by atoms with Gasteiger partial charge in [-0.1, -0.05) is 17.7 Å². The molecule has 0 N–H and O–H groups in total. The lowest BCUT2D eigenvalue weighted by Crippen LogP contribution is -2.30. The van der Waals surface area contributed by atoms with Gasteiger partial charge in [0.25, 0.3) is 0 Å². The number of benzene rings is 1. The van der Waals surface area contributed by atoms with Gasteiger partial charge in [-0.2, -0.15) is 0 Å². The van der Waals surface area contributed by atoms with Crippen molar-refractivity contribution in [2.75, 3.05) is 13.2 Å². The second kappa shape index (κ2) is 5.67. The summed E-state index contributed by atoms with van der Waals surface area (Å²) in [5.74, 6) is 0.699. The Labute approximate surface area is 107 Å². The van der Waals surface area contributed by atoms with Gasteiger partial charge in [-0.25, -0.2) is 0 Å². The molecule has 1 saturated heterocycles. The van der Waals surface area contributed by atoms with Crippen LogP contribution in [0.1, 0.15) is 24.8 Å². The number of hydrogen-bond donors (Lipinski definition) is 0. The molecule has 0 unspecified atom stereocenters. The highest BCUT2D eigenvalue weighted by atomic mass is 16.5. The molecule has 0 atom stereocenters. The summed E-state index contributed by atoms with van der Waals surface area (Å²) in [6, 6.07) is 7.81. The SMILES string of the molecule is Cc1ccc(OCCCN2C(=O)CCC2=O)cc1. The van der Waals surface area contributed by atoms with Crippen molar-refractivity contribution in [1.82, 2.24) is 4.90 Å². The van der Waals surface area contributed by atoms with Crippen molar-refractivity contribution in [3.63, 3.8) is 0 Å². The van der Waals surface area contributed by atoms with E-state index >= 15 is 0 Å². The van der Waals surface area contributed by atoms with Gasteiger partial charge in [0.05, 0.1) is 6.61 Å². The number of imide groups is 1. The van der Waals surface area contributed by atoms with Crippen molar-refractivity contribution in [3.8, 4) is 5.75 Å². The zero-order valence-electron chi connectivity index (χ0n) is 10.5. The van der Waals surface area contributed by atoms with E-state index < -0.39 is 0 Å². The number of hydrogen-bond acceptors (Lipinski definition) is 3. The Hall–Kier alpha value is -1.84. The van der Waals surface area contributed by atoms with E-state index in [4.69, 9.17) is 4.74 Å². The Balaban J connectivity index is 1.71. The molecule has 96 valence electrons. The van der Waals surface area contributed by atoms with Gasteiger partial charge in [0.15, 0.2) is 0 Å². The minimum absolute atomic E-state index is 0.0599. The minimum atomic E-state index is -0.0599. The predicted octanol–water partition coefficient (Wildman–Crippen LogP) is 1.91. The number of nitrogens with zero attached hydrogens (tertiary/aromatic N) is 1. The normalized spacial score (nSPS) is 15.3. The molecule has 4 heteroatoms. The lowest BCUT2D eigenvalue weighted by molar-refractivity contribution is -0.138. The fourth-order valence-electron chi connectivity index (χ4n) is 1.92. The van der Waals surface area contributed by atoms with Crippen LogP contribution in [-0.2, 0) is 9.59 Å². The molecule has 1 heterocycles. The van der Waals surface area contributed by atoms with E-state index in [0.717, 1.165) is 5.75 Å². The van der Waals surface area contributed by atoms with Gasteiger partial charge in [-0.15, -0.1) is 0 Å². The number of carbonyl (C=O) groups is 2. The molecule has 0 bridgehead atoms. The number of ether oxygens (including phenoxy) is 1. The topological polar surface area (TPSA) is 46.6 Å². The molecule has 1 aliphatic heterocycles. The molecule has 1 fully saturated rings. The van der Waals surface area contributed by atoms with Crippen molar-refractivity contribution in [2.24, 2.45) is 0 Å². The third-order valence-corrected chi connectivity index (χ3v) is 2.97. The van der Waals surface area contributed by atoms with Crippen molar-refractivity contribution in [2.45, 2.75) is 26.2 Å². The maximum absolute atomic E-state index is 11.4. The molecule has 18 heavy (non-hydrogen) atoms. The molecule has 2 amide bonds. The van der Waals surface area contributed by atoms with E-state index in [2.05, 4.69) is 0 Å². The Bertz CT molecular complexity index is 423. The third kappa shape index (κ3) is 3.09. The highest BCUT2D eigenvalue weighted by molar-refractivity contribution is 6.01. The first-order valence-corrected chi connectivity index (χ1v) is 6.19. The molecule has 0 spiro atoms. The quantitative estimate of drug-likeness (QED) is 0.590. The molecule has 0 radical (unpaired) electrons. The first-order valence-electron chi connectivity index (χ1n) is 6.19. The number of likely N-dealkylation sites (tertiary alicyclic amines) is 1. The van der Waals surface area contributed by atoms with Crippen LogP contribution in [0.3, 0.4) is 0 Å². The maximum atomic E-state index is 11.4. The van der Waals surface area contributed by atoms with E-state index in [0.29, 0.717) is 32.4 Å². The molecule has 0 aromatic heterocycles. The van der Waals surface area contributed by atoms with Crippen LogP contribution >= 0.6 is 0 Å². The lowest BCUT2D eigenvalue weighted by atomic mass is 10.2. The highest BCUT2D eigenvalue weighted by Gasteiger charge is 2.27. The summed E-state index contributed by atoms with van der Waals surface area (Å²) in [6.45, 7) is 3.00. The monoisotopic (exact) mass is 247 g/mol. The molecule has 4 nitrogen and oxygen atoms in total. The second-order valence-electron chi connectivity index (χ2n) is 4.45. The minimum Gasteiger partial charge on any atom is -0.494 e. The maximum Gasteiger partial charge on any atom is 0.229 e. The lowest BCUT2D eigenvalue weighted by Gasteiger charge is -2.13. The summed E-state index contributed by atoms with van der Waals surface area (Å²) < 4.78 is 5.54.